The Morgan fingerprint density at radius 2 is 2.06 bits per heavy atom. The first-order valence-electron chi connectivity index (χ1n) is 6.39. The molecule has 0 spiro atoms. The average Bonchev–Trinajstić information content (AvgIpc) is 2.67. The smallest absolute Gasteiger partial charge is 0.123 e. The van der Waals surface area contributed by atoms with Gasteiger partial charge < -0.3 is 10.2 Å². The summed E-state index contributed by atoms with van der Waals surface area (Å²) in [6, 6.07) is 2.09. The van der Waals surface area contributed by atoms with Gasteiger partial charge in [0, 0.05) is 0 Å². The standard InChI is InChI=1S/C14H23NO/c1-9-4-5-12(8-11(9)3)13(15)14-10(2)6-7-16-14/h6-7,9,11-13H,4-5,8,15H2,1-3H3. The lowest BCUT2D eigenvalue weighted by atomic mass is 9.73. The van der Waals surface area contributed by atoms with E-state index in [9.17, 15) is 0 Å². The predicted octanol–water partition coefficient (Wildman–Crippen LogP) is 3.66. The summed E-state index contributed by atoms with van der Waals surface area (Å²) in [5, 5.41) is 0. The van der Waals surface area contributed by atoms with Crippen molar-refractivity contribution in [2.24, 2.45) is 23.5 Å². The van der Waals surface area contributed by atoms with E-state index < -0.39 is 0 Å². The van der Waals surface area contributed by atoms with Crippen LogP contribution in [0, 0.1) is 24.7 Å². The molecule has 2 nitrogen and oxygen atoms in total. The van der Waals surface area contributed by atoms with Gasteiger partial charge in [0.2, 0.25) is 0 Å². The molecule has 0 bridgehead atoms. The Morgan fingerprint density at radius 1 is 1.31 bits per heavy atom. The van der Waals surface area contributed by atoms with Gasteiger partial charge >= 0.3 is 0 Å². The Kier molecular flexibility index (Phi) is 3.38. The first-order valence-corrected chi connectivity index (χ1v) is 6.39. The maximum Gasteiger partial charge on any atom is 0.123 e. The predicted molar refractivity (Wildman–Crippen MR) is 66.0 cm³/mol. The number of aryl methyl sites for hydroxylation is 1. The molecule has 16 heavy (non-hydrogen) atoms. The molecule has 0 amide bonds. The Bertz CT molecular complexity index is 344. The molecule has 0 radical (unpaired) electrons. The SMILES string of the molecule is Cc1ccoc1C(N)C1CCC(C)C(C)C1. The minimum absolute atomic E-state index is 0.0879. The summed E-state index contributed by atoms with van der Waals surface area (Å²) in [6.45, 7) is 6.77. The van der Waals surface area contributed by atoms with Gasteiger partial charge in [-0.3, -0.25) is 0 Å². The van der Waals surface area contributed by atoms with E-state index >= 15 is 0 Å². The molecule has 2 N–H and O–H groups in total. The van der Waals surface area contributed by atoms with E-state index in [1.165, 1.54) is 24.8 Å². The van der Waals surface area contributed by atoms with Crippen LogP contribution in [0.1, 0.15) is 50.5 Å². The summed E-state index contributed by atoms with van der Waals surface area (Å²) >= 11 is 0. The number of furan rings is 1. The molecule has 4 unspecified atom stereocenters. The van der Waals surface area contributed by atoms with Crippen molar-refractivity contribution in [2.45, 2.75) is 46.1 Å². The van der Waals surface area contributed by atoms with Crippen LogP contribution in [0.15, 0.2) is 16.7 Å². The lowest BCUT2D eigenvalue weighted by molar-refractivity contribution is 0.176. The second kappa shape index (κ2) is 4.62. The second-order valence-corrected chi connectivity index (χ2v) is 5.52. The van der Waals surface area contributed by atoms with Crippen LogP contribution >= 0.6 is 0 Å². The molecule has 1 saturated carbocycles. The fourth-order valence-electron chi connectivity index (χ4n) is 2.86. The van der Waals surface area contributed by atoms with Gasteiger partial charge in [0.25, 0.3) is 0 Å². The van der Waals surface area contributed by atoms with Crippen LogP contribution in [-0.2, 0) is 0 Å². The Morgan fingerprint density at radius 3 is 2.62 bits per heavy atom. The summed E-state index contributed by atoms with van der Waals surface area (Å²) in [5.74, 6) is 3.23. The number of hydrogen-bond acceptors (Lipinski definition) is 2. The van der Waals surface area contributed by atoms with Gasteiger partial charge in [-0.2, -0.15) is 0 Å². The van der Waals surface area contributed by atoms with E-state index in [0.29, 0.717) is 5.92 Å². The Labute approximate surface area is 98.2 Å². The normalized spacial score (nSPS) is 32.6. The molecular formula is C14H23NO. The van der Waals surface area contributed by atoms with Gasteiger partial charge in [0.1, 0.15) is 5.76 Å². The summed E-state index contributed by atoms with van der Waals surface area (Å²) in [6.07, 6.45) is 5.54. The molecule has 1 aliphatic rings. The third kappa shape index (κ3) is 2.17. The van der Waals surface area contributed by atoms with Crippen molar-refractivity contribution >= 4 is 0 Å². The topological polar surface area (TPSA) is 39.2 Å². The van der Waals surface area contributed by atoms with Crippen molar-refractivity contribution in [3.63, 3.8) is 0 Å². The van der Waals surface area contributed by atoms with Gasteiger partial charge in [0.15, 0.2) is 0 Å². The van der Waals surface area contributed by atoms with E-state index in [1.807, 2.05) is 6.07 Å². The summed E-state index contributed by atoms with van der Waals surface area (Å²) in [5.41, 5.74) is 7.52. The van der Waals surface area contributed by atoms with E-state index in [2.05, 4.69) is 20.8 Å². The fraction of sp³-hybridized carbons (Fsp3) is 0.714. The highest BCUT2D eigenvalue weighted by atomic mass is 16.3. The first-order chi connectivity index (χ1) is 7.59. The minimum Gasteiger partial charge on any atom is -0.467 e. The van der Waals surface area contributed by atoms with E-state index in [4.69, 9.17) is 10.2 Å². The molecule has 2 rings (SSSR count). The van der Waals surface area contributed by atoms with Crippen molar-refractivity contribution in [2.75, 3.05) is 0 Å². The zero-order valence-corrected chi connectivity index (χ0v) is 10.6. The first kappa shape index (κ1) is 11.7. The van der Waals surface area contributed by atoms with Crippen molar-refractivity contribution in [3.8, 4) is 0 Å². The number of hydrogen-bond donors (Lipinski definition) is 1. The largest absolute Gasteiger partial charge is 0.467 e. The minimum atomic E-state index is 0.0879. The molecule has 1 aromatic heterocycles. The maximum absolute atomic E-state index is 6.33. The molecule has 0 aromatic carbocycles. The summed E-state index contributed by atoms with van der Waals surface area (Å²) < 4.78 is 5.52. The molecule has 1 aliphatic carbocycles. The molecular weight excluding hydrogens is 198 g/mol. The summed E-state index contributed by atoms with van der Waals surface area (Å²) in [4.78, 5) is 0. The summed E-state index contributed by atoms with van der Waals surface area (Å²) in [7, 11) is 0. The second-order valence-electron chi connectivity index (χ2n) is 5.52. The number of nitrogens with two attached hydrogens (primary N) is 1. The van der Waals surface area contributed by atoms with Crippen molar-refractivity contribution in [1.29, 1.82) is 0 Å². The number of rotatable bonds is 2. The van der Waals surface area contributed by atoms with Crippen molar-refractivity contribution in [3.05, 3.63) is 23.7 Å². The van der Waals surface area contributed by atoms with Crippen LogP contribution in [0.2, 0.25) is 0 Å². The Balaban J connectivity index is 2.06. The van der Waals surface area contributed by atoms with Crippen LogP contribution in [0.3, 0.4) is 0 Å². The lowest BCUT2D eigenvalue weighted by Gasteiger charge is -2.34. The third-order valence-corrected chi connectivity index (χ3v) is 4.35. The molecule has 1 heterocycles. The van der Waals surface area contributed by atoms with Crippen molar-refractivity contribution < 1.29 is 4.42 Å². The van der Waals surface area contributed by atoms with Gasteiger partial charge in [-0.1, -0.05) is 20.3 Å². The van der Waals surface area contributed by atoms with Crippen molar-refractivity contribution in [1.82, 2.24) is 0 Å². The molecule has 1 aromatic rings. The van der Waals surface area contributed by atoms with Crippen LogP contribution in [0.25, 0.3) is 0 Å². The zero-order chi connectivity index (χ0) is 11.7. The van der Waals surface area contributed by atoms with Gasteiger partial charge in [-0.15, -0.1) is 0 Å². The zero-order valence-electron chi connectivity index (χ0n) is 10.6. The highest BCUT2D eigenvalue weighted by Gasteiger charge is 2.30. The van der Waals surface area contributed by atoms with Crippen LogP contribution in [-0.4, -0.2) is 0 Å². The lowest BCUT2D eigenvalue weighted by Crippen LogP contribution is -2.29. The van der Waals surface area contributed by atoms with Crippen LogP contribution in [0.5, 0.6) is 0 Å². The fourth-order valence-corrected chi connectivity index (χ4v) is 2.86. The molecule has 2 heteroatoms. The molecule has 4 atom stereocenters. The molecule has 90 valence electrons. The molecule has 0 aliphatic heterocycles. The quantitative estimate of drug-likeness (QED) is 0.827. The average molecular weight is 221 g/mol. The third-order valence-electron chi connectivity index (χ3n) is 4.35. The van der Waals surface area contributed by atoms with Gasteiger partial charge in [-0.25, -0.2) is 0 Å². The van der Waals surface area contributed by atoms with E-state index in [0.717, 1.165) is 17.6 Å². The van der Waals surface area contributed by atoms with E-state index in [-0.39, 0.29) is 6.04 Å². The highest BCUT2D eigenvalue weighted by Crippen LogP contribution is 2.39. The monoisotopic (exact) mass is 221 g/mol. The molecule has 1 fully saturated rings. The van der Waals surface area contributed by atoms with Gasteiger partial charge in [0.05, 0.1) is 12.3 Å². The highest BCUT2D eigenvalue weighted by molar-refractivity contribution is 5.18. The van der Waals surface area contributed by atoms with E-state index in [1.54, 1.807) is 6.26 Å². The Hall–Kier alpha value is -0.760. The van der Waals surface area contributed by atoms with Crippen LogP contribution < -0.4 is 5.73 Å². The van der Waals surface area contributed by atoms with Crippen LogP contribution in [0.4, 0.5) is 0 Å². The molecule has 0 saturated heterocycles. The van der Waals surface area contributed by atoms with Gasteiger partial charge in [-0.05, 0) is 49.1 Å². The maximum atomic E-state index is 6.33.